The second-order valence-electron chi connectivity index (χ2n) is 14.8. The molecule has 59 heavy (non-hydrogen) atoms. The molecule has 2 aliphatic rings. The minimum Gasteiger partial charge on any atom is -0.462 e. The molecule has 0 fully saturated rings. The van der Waals surface area contributed by atoms with Gasteiger partial charge >= 0.3 is 24.3 Å². The fraction of sp³-hybridized carbons (Fsp3) is 0.487. The van der Waals surface area contributed by atoms with Gasteiger partial charge in [0, 0.05) is 13.8 Å². The summed E-state index contributed by atoms with van der Waals surface area (Å²) >= 11 is 0. The van der Waals surface area contributed by atoms with Gasteiger partial charge in [0.2, 0.25) is 17.2 Å². The minimum absolute atomic E-state index is 0.134. The lowest BCUT2D eigenvalue weighted by molar-refractivity contribution is -0.288. The number of rotatable bonds is 16. The van der Waals surface area contributed by atoms with Crippen LogP contribution in [-0.2, 0) is 34.1 Å². The van der Waals surface area contributed by atoms with E-state index in [9.17, 15) is 38.4 Å². The van der Waals surface area contributed by atoms with Crippen LogP contribution in [0.4, 0.5) is 26.3 Å². The molecule has 0 spiro atoms. The van der Waals surface area contributed by atoms with Gasteiger partial charge in [-0.15, -0.1) is 0 Å². The van der Waals surface area contributed by atoms with Crippen molar-refractivity contribution in [3.05, 3.63) is 69.8 Å². The summed E-state index contributed by atoms with van der Waals surface area (Å²) in [4.78, 5) is 104. The van der Waals surface area contributed by atoms with Gasteiger partial charge in [-0.3, -0.25) is 38.6 Å². The highest BCUT2D eigenvalue weighted by Gasteiger charge is 2.73. The number of halogens is 6. The fourth-order valence-electron chi connectivity index (χ4n) is 6.99. The smallest absolute Gasteiger partial charge is 0.411 e. The molecule has 4 rings (SSSR count). The molecule has 2 heterocycles. The lowest BCUT2D eigenvalue weighted by Crippen LogP contribution is -2.55. The summed E-state index contributed by atoms with van der Waals surface area (Å²) in [5.74, 6) is -8.99. The van der Waals surface area contributed by atoms with Gasteiger partial charge in [-0.25, -0.2) is 9.59 Å². The standard InChI is InChI=1S/C39H42F6N4O10/c1-19(2)15-29(35(56)58-13-11-46-21(5)50)48-31(52)25-9-7-23(17-27(25)33(48)54)37(38(40,41)42,39(43,44)45)24-8-10-26-28(18-24)34(55)49(32(26)53)30(16-20(3)4)36(57)59-14-12-47-22(6)51/h7-10,17-20,29-30H,11-16H2,1-6H3,(H,46,50)(H,47,51). The van der Waals surface area contributed by atoms with Gasteiger partial charge in [0.15, 0.2) is 0 Å². The van der Waals surface area contributed by atoms with Crippen molar-refractivity contribution in [2.45, 2.75) is 84.2 Å². The Balaban J connectivity index is 1.80. The topological polar surface area (TPSA) is 186 Å². The molecular weight excluding hydrogens is 798 g/mol. The number of alkyl halides is 6. The number of nitrogens with one attached hydrogen (secondary N) is 2. The molecule has 2 atom stereocenters. The number of esters is 2. The molecule has 0 saturated carbocycles. The van der Waals surface area contributed by atoms with Gasteiger partial charge in [-0.1, -0.05) is 39.8 Å². The van der Waals surface area contributed by atoms with E-state index in [2.05, 4.69) is 10.6 Å². The third-order valence-electron chi connectivity index (χ3n) is 9.55. The summed E-state index contributed by atoms with van der Waals surface area (Å²) < 4.78 is 103. The number of imide groups is 2. The third kappa shape index (κ3) is 9.10. The molecule has 2 aliphatic heterocycles. The van der Waals surface area contributed by atoms with E-state index in [1.54, 1.807) is 27.7 Å². The van der Waals surface area contributed by atoms with Crippen molar-refractivity contribution < 1.29 is 74.2 Å². The van der Waals surface area contributed by atoms with Gasteiger partial charge in [0.1, 0.15) is 25.3 Å². The van der Waals surface area contributed by atoms with Crippen LogP contribution in [0.5, 0.6) is 0 Å². The Kier molecular flexibility index (Phi) is 13.7. The molecule has 2 aromatic carbocycles. The van der Waals surface area contributed by atoms with E-state index in [-0.39, 0.29) is 63.1 Å². The maximum atomic E-state index is 15.4. The first-order valence-electron chi connectivity index (χ1n) is 18.4. The SMILES string of the molecule is CC(=O)NCCOC(=O)C(CC(C)C)N1C(=O)c2ccc(C(c3ccc4c(c3)C(=O)N(C(CC(C)C)C(=O)OCCNC(C)=O)C4=O)(C(F)(F)F)C(F)(F)F)cc2C1=O. The molecular formula is C39H42F6N4O10. The number of carbonyl (C=O) groups excluding carboxylic acids is 8. The van der Waals surface area contributed by atoms with Crippen molar-refractivity contribution in [2.75, 3.05) is 26.3 Å². The van der Waals surface area contributed by atoms with Gasteiger partial charge in [-0.05, 0) is 60.1 Å². The highest BCUT2D eigenvalue weighted by atomic mass is 19.4. The zero-order valence-electron chi connectivity index (χ0n) is 32.8. The maximum absolute atomic E-state index is 15.4. The lowest BCUT2D eigenvalue weighted by Gasteiger charge is -2.38. The summed E-state index contributed by atoms with van der Waals surface area (Å²) in [5, 5.41) is 4.75. The second kappa shape index (κ2) is 17.6. The number of benzene rings is 2. The Bertz CT molecular complexity index is 1900. The first kappa shape index (κ1) is 45.9. The number of ether oxygens (including phenoxy) is 2. The molecule has 20 heteroatoms. The van der Waals surface area contributed by atoms with Crippen LogP contribution in [0, 0.1) is 11.8 Å². The molecule has 0 radical (unpaired) electrons. The molecule has 2 N–H and O–H groups in total. The molecule has 0 saturated heterocycles. The van der Waals surface area contributed by atoms with Crippen LogP contribution in [0.3, 0.4) is 0 Å². The Labute approximate surface area is 333 Å². The fourth-order valence-corrected chi connectivity index (χ4v) is 6.99. The predicted octanol–water partition coefficient (Wildman–Crippen LogP) is 4.48. The van der Waals surface area contributed by atoms with Gasteiger partial charge in [-0.2, -0.15) is 26.3 Å². The van der Waals surface area contributed by atoms with Crippen LogP contribution in [0.25, 0.3) is 0 Å². The third-order valence-corrected chi connectivity index (χ3v) is 9.55. The molecule has 0 aromatic heterocycles. The monoisotopic (exact) mass is 840 g/mol. The number of carbonyl (C=O) groups is 8. The summed E-state index contributed by atoms with van der Waals surface area (Å²) in [5.41, 5.74) is -11.1. The predicted molar refractivity (Wildman–Crippen MR) is 193 cm³/mol. The van der Waals surface area contributed by atoms with Crippen molar-refractivity contribution in [1.29, 1.82) is 0 Å². The zero-order valence-corrected chi connectivity index (χ0v) is 32.8. The minimum atomic E-state index is -6.25. The van der Waals surface area contributed by atoms with E-state index in [1.807, 2.05) is 0 Å². The van der Waals surface area contributed by atoms with Crippen LogP contribution in [0.1, 0.15) is 107 Å². The molecule has 2 unspecified atom stereocenters. The average Bonchev–Trinajstić information content (AvgIpc) is 3.51. The Morgan fingerprint density at radius 1 is 0.576 bits per heavy atom. The average molecular weight is 841 g/mol. The van der Waals surface area contributed by atoms with Crippen LogP contribution in [-0.4, -0.2) is 108 Å². The van der Waals surface area contributed by atoms with Crippen LogP contribution < -0.4 is 10.6 Å². The Morgan fingerprint density at radius 2 is 0.898 bits per heavy atom. The van der Waals surface area contributed by atoms with Gasteiger partial charge in [0.05, 0.1) is 35.3 Å². The summed E-state index contributed by atoms with van der Waals surface area (Å²) in [7, 11) is 0. The van der Waals surface area contributed by atoms with Crippen LogP contribution in [0.2, 0.25) is 0 Å². The highest BCUT2D eigenvalue weighted by Crippen LogP contribution is 2.57. The second-order valence-corrected chi connectivity index (χ2v) is 14.8. The number of hydrogen-bond acceptors (Lipinski definition) is 10. The van der Waals surface area contributed by atoms with Crippen molar-refractivity contribution in [3.8, 4) is 0 Å². The van der Waals surface area contributed by atoms with E-state index in [0.29, 0.717) is 34.1 Å². The molecule has 2 aromatic rings. The van der Waals surface area contributed by atoms with E-state index in [0.717, 1.165) is 0 Å². The summed E-state index contributed by atoms with van der Waals surface area (Å²) in [6.45, 7) is 7.86. The zero-order chi connectivity index (χ0) is 44.4. The highest BCUT2D eigenvalue weighted by molar-refractivity contribution is 6.23. The van der Waals surface area contributed by atoms with Gasteiger partial charge < -0.3 is 20.1 Å². The van der Waals surface area contributed by atoms with Crippen molar-refractivity contribution in [3.63, 3.8) is 0 Å². The molecule has 0 aliphatic carbocycles. The largest absolute Gasteiger partial charge is 0.462 e. The van der Waals surface area contributed by atoms with Crippen LogP contribution >= 0.6 is 0 Å². The molecule has 6 amide bonds. The van der Waals surface area contributed by atoms with E-state index in [1.165, 1.54) is 13.8 Å². The van der Waals surface area contributed by atoms with Crippen LogP contribution in [0.15, 0.2) is 36.4 Å². The number of fused-ring (bicyclic) bond motifs is 2. The molecule has 0 bridgehead atoms. The number of nitrogens with zero attached hydrogens (tertiary/aromatic N) is 2. The van der Waals surface area contributed by atoms with Crippen molar-refractivity contribution >= 4 is 47.4 Å². The molecule has 14 nitrogen and oxygen atoms in total. The van der Waals surface area contributed by atoms with Crippen molar-refractivity contribution in [2.24, 2.45) is 11.8 Å². The van der Waals surface area contributed by atoms with Crippen molar-refractivity contribution in [1.82, 2.24) is 20.4 Å². The number of amides is 6. The maximum Gasteiger partial charge on any atom is 0.411 e. The quantitative estimate of drug-likeness (QED) is 0.106. The van der Waals surface area contributed by atoms with E-state index >= 15 is 26.3 Å². The first-order valence-corrected chi connectivity index (χ1v) is 18.4. The molecule has 320 valence electrons. The van der Waals surface area contributed by atoms with E-state index < -0.39 is 111 Å². The summed E-state index contributed by atoms with van der Waals surface area (Å²) in [6.07, 6.45) is -12.9. The number of hydrogen-bond donors (Lipinski definition) is 2. The van der Waals surface area contributed by atoms with Gasteiger partial charge in [0.25, 0.3) is 23.6 Å². The summed E-state index contributed by atoms with van der Waals surface area (Å²) in [6, 6.07) is -0.849. The van der Waals surface area contributed by atoms with E-state index in [4.69, 9.17) is 9.47 Å². The first-order chi connectivity index (χ1) is 27.4. The Hall–Kier alpha value is -5.82. The normalized spacial score (nSPS) is 15.4. The Morgan fingerprint density at radius 3 is 1.19 bits per heavy atom. The lowest BCUT2D eigenvalue weighted by atomic mass is 9.71.